The molecule has 0 bridgehead atoms. The highest BCUT2D eigenvalue weighted by Crippen LogP contribution is 2.38. The number of aliphatic imine (C=N–C) groups is 1. The fourth-order valence-electron chi connectivity index (χ4n) is 5.07. The number of β-amino-alcohol motifs (C(OH)–C–C–N with tert-alkyl or cyclic N) is 1. The largest absolute Gasteiger partial charge is 0.508 e. The van der Waals surface area contributed by atoms with Crippen LogP contribution in [-0.2, 0) is 24.5 Å². The number of carboxylic acids is 1. The van der Waals surface area contributed by atoms with Gasteiger partial charge in [-0.05, 0) is 42.2 Å². The molecule has 0 saturated carbocycles. The molecule has 0 aliphatic carbocycles. The number of halogens is 1. The number of carbonyl (C=O) groups excluding carboxylic acids is 1. The van der Waals surface area contributed by atoms with Crippen LogP contribution >= 0.6 is 11.6 Å². The van der Waals surface area contributed by atoms with E-state index in [1.807, 2.05) is 12.1 Å². The summed E-state index contributed by atoms with van der Waals surface area (Å²) in [5, 5.41) is 41.5. The maximum atomic E-state index is 13.0. The van der Waals surface area contributed by atoms with Gasteiger partial charge in [0.1, 0.15) is 5.75 Å². The van der Waals surface area contributed by atoms with E-state index in [2.05, 4.69) is 26.3 Å². The number of amides is 1. The first-order valence-corrected chi connectivity index (χ1v) is 13.7. The predicted molar refractivity (Wildman–Crippen MR) is 155 cm³/mol. The van der Waals surface area contributed by atoms with Crippen LogP contribution in [0.15, 0.2) is 41.4 Å². The summed E-state index contributed by atoms with van der Waals surface area (Å²) in [5.41, 5.74) is 2.15. The van der Waals surface area contributed by atoms with E-state index in [1.54, 1.807) is 19.2 Å². The SMILES string of the molecule is COCC1(c2cc(Cl)cc([C@H](CC(=O)O)NC(=O)CNc3cc(O)cc(NC4=NCC(O)CN4)c3)c2)CCOCC1. The van der Waals surface area contributed by atoms with Crippen molar-refractivity contribution in [1.82, 2.24) is 10.6 Å². The van der Waals surface area contributed by atoms with Gasteiger partial charge in [0.2, 0.25) is 5.91 Å². The number of guanidine groups is 1. The Labute approximate surface area is 243 Å². The number of benzene rings is 2. The molecule has 2 aromatic carbocycles. The van der Waals surface area contributed by atoms with E-state index >= 15 is 0 Å². The average molecular weight is 590 g/mol. The third-order valence-corrected chi connectivity index (χ3v) is 7.34. The molecule has 2 heterocycles. The van der Waals surface area contributed by atoms with E-state index in [9.17, 15) is 24.9 Å². The maximum Gasteiger partial charge on any atom is 0.305 e. The van der Waals surface area contributed by atoms with Crippen molar-refractivity contribution in [1.29, 1.82) is 0 Å². The molecular weight excluding hydrogens is 554 g/mol. The number of aromatic hydroxyl groups is 1. The van der Waals surface area contributed by atoms with E-state index < -0.39 is 24.0 Å². The van der Waals surface area contributed by atoms with Crippen LogP contribution in [-0.4, -0.2) is 85.8 Å². The van der Waals surface area contributed by atoms with Gasteiger partial charge in [0, 0.05) is 60.8 Å². The van der Waals surface area contributed by atoms with Gasteiger partial charge in [-0.1, -0.05) is 17.7 Å². The fraction of sp³-hybridized carbons (Fsp3) is 0.464. The Morgan fingerprint density at radius 3 is 2.63 bits per heavy atom. The number of phenols is 1. The Hall–Kier alpha value is -3.58. The number of anilines is 2. The van der Waals surface area contributed by atoms with Crippen LogP contribution in [0.3, 0.4) is 0 Å². The van der Waals surface area contributed by atoms with Crippen molar-refractivity contribution in [2.45, 2.75) is 36.8 Å². The first-order valence-electron chi connectivity index (χ1n) is 13.4. The van der Waals surface area contributed by atoms with Gasteiger partial charge in [-0.2, -0.15) is 0 Å². The number of aliphatic hydroxyl groups excluding tert-OH is 1. The predicted octanol–water partition coefficient (Wildman–Crippen LogP) is 2.22. The summed E-state index contributed by atoms with van der Waals surface area (Å²) in [6, 6.07) is 9.23. The summed E-state index contributed by atoms with van der Waals surface area (Å²) in [6.45, 7) is 2.04. The summed E-state index contributed by atoms with van der Waals surface area (Å²) in [4.78, 5) is 28.9. The van der Waals surface area contributed by atoms with E-state index in [0.717, 1.165) is 18.4 Å². The number of aliphatic hydroxyl groups is 1. The molecule has 0 aromatic heterocycles. The minimum absolute atomic E-state index is 0.0392. The van der Waals surface area contributed by atoms with E-state index in [4.69, 9.17) is 21.1 Å². The second-order valence-electron chi connectivity index (χ2n) is 10.3. The van der Waals surface area contributed by atoms with Gasteiger partial charge in [0.25, 0.3) is 0 Å². The summed E-state index contributed by atoms with van der Waals surface area (Å²) in [6.07, 6.45) is 0.562. The minimum Gasteiger partial charge on any atom is -0.508 e. The summed E-state index contributed by atoms with van der Waals surface area (Å²) in [5.74, 6) is -1.10. The molecule has 4 rings (SSSR count). The van der Waals surface area contributed by atoms with Gasteiger partial charge in [-0.15, -0.1) is 0 Å². The summed E-state index contributed by atoms with van der Waals surface area (Å²) in [7, 11) is 1.64. The lowest BCUT2D eigenvalue weighted by Gasteiger charge is -2.37. The molecule has 7 N–H and O–H groups in total. The molecule has 2 aromatic rings. The topological polar surface area (TPSA) is 174 Å². The Bertz CT molecular complexity index is 1260. The molecule has 2 aliphatic heterocycles. The molecule has 222 valence electrons. The zero-order valence-corrected chi connectivity index (χ0v) is 23.5. The fourth-order valence-corrected chi connectivity index (χ4v) is 5.31. The van der Waals surface area contributed by atoms with Gasteiger partial charge in [0.05, 0.1) is 38.3 Å². The molecular formula is C28H36ClN5O7. The third kappa shape index (κ3) is 8.46. The lowest BCUT2D eigenvalue weighted by atomic mass is 9.74. The van der Waals surface area contributed by atoms with Crippen LogP contribution in [0.1, 0.15) is 36.4 Å². The molecule has 13 heteroatoms. The van der Waals surface area contributed by atoms with Crippen molar-refractivity contribution in [2.75, 3.05) is 57.2 Å². The number of aliphatic carboxylic acids is 1. The average Bonchev–Trinajstić information content (AvgIpc) is 2.93. The highest BCUT2D eigenvalue weighted by atomic mass is 35.5. The van der Waals surface area contributed by atoms with Crippen molar-refractivity contribution >= 4 is 40.8 Å². The van der Waals surface area contributed by atoms with E-state index in [-0.39, 0.29) is 30.7 Å². The lowest BCUT2D eigenvalue weighted by molar-refractivity contribution is -0.137. The lowest BCUT2D eigenvalue weighted by Crippen LogP contribution is -2.42. The third-order valence-electron chi connectivity index (χ3n) is 7.12. The van der Waals surface area contributed by atoms with E-state index in [1.165, 1.54) is 12.1 Å². The van der Waals surface area contributed by atoms with Crippen LogP contribution in [0.4, 0.5) is 11.4 Å². The minimum atomic E-state index is -1.07. The van der Waals surface area contributed by atoms with Gasteiger partial charge >= 0.3 is 5.97 Å². The van der Waals surface area contributed by atoms with Crippen molar-refractivity contribution in [3.05, 3.63) is 52.5 Å². The maximum absolute atomic E-state index is 13.0. The van der Waals surface area contributed by atoms with Crippen LogP contribution < -0.4 is 21.3 Å². The molecule has 1 saturated heterocycles. The number of phenolic OH excluding ortho intramolecular Hbond substituents is 1. The van der Waals surface area contributed by atoms with Crippen LogP contribution in [0.25, 0.3) is 0 Å². The number of hydrogen-bond acceptors (Lipinski definition) is 10. The number of ether oxygens (including phenoxy) is 2. The molecule has 41 heavy (non-hydrogen) atoms. The number of nitrogens with one attached hydrogen (secondary N) is 4. The number of carbonyl (C=O) groups is 2. The smallest absolute Gasteiger partial charge is 0.305 e. The van der Waals surface area contributed by atoms with Gasteiger partial charge in [-0.3, -0.25) is 14.6 Å². The van der Waals surface area contributed by atoms with Crippen molar-refractivity contribution < 1.29 is 34.4 Å². The highest BCUT2D eigenvalue weighted by Gasteiger charge is 2.35. The zero-order valence-electron chi connectivity index (χ0n) is 22.8. The Morgan fingerprint density at radius 2 is 1.95 bits per heavy atom. The monoisotopic (exact) mass is 589 g/mol. The first kappa shape index (κ1) is 30.4. The molecule has 1 fully saturated rings. The summed E-state index contributed by atoms with van der Waals surface area (Å²) >= 11 is 6.50. The quantitative estimate of drug-likeness (QED) is 0.206. The Kier molecular flexibility index (Phi) is 10.3. The van der Waals surface area contributed by atoms with Crippen LogP contribution in [0.5, 0.6) is 5.75 Å². The van der Waals surface area contributed by atoms with E-state index in [0.29, 0.717) is 54.3 Å². The molecule has 0 spiro atoms. The number of hydrogen-bond donors (Lipinski definition) is 7. The molecule has 0 radical (unpaired) electrons. The Balaban J connectivity index is 1.46. The van der Waals surface area contributed by atoms with Gasteiger partial charge < -0.3 is 46.1 Å². The second-order valence-corrected chi connectivity index (χ2v) is 10.7. The number of rotatable bonds is 11. The number of carboxylic acid groups (broad SMARTS) is 1. The van der Waals surface area contributed by atoms with Crippen LogP contribution in [0.2, 0.25) is 5.02 Å². The molecule has 1 amide bonds. The second kappa shape index (κ2) is 13.9. The van der Waals surface area contributed by atoms with Crippen LogP contribution in [0, 0.1) is 0 Å². The number of nitrogens with zero attached hydrogens (tertiary/aromatic N) is 1. The van der Waals surface area contributed by atoms with Crippen molar-refractivity contribution in [2.24, 2.45) is 4.99 Å². The van der Waals surface area contributed by atoms with Crippen molar-refractivity contribution in [3.8, 4) is 5.75 Å². The van der Waals surface area contributed by atoms with Gasteiger partial charge in [-0.25, -0.2) is 0 Å². The molecule has 12 nitrogen and oxygen atoms in total. The summed E-state index contributed by atoms with van der Waals surface area (Å²) < 4.78 is 11.1. The molecule has 1 unspecified atom stereocenters. The zero-order chi connectivity index (χ0) is 29.4. The standard InChI is InChI=1S/C28H36ClN5O7/c1-40-16-28(2-4-41-5-3-28)18-6-17(7-19(29)8-18)24(12-26(38)39)34-25(37)15-30-20-9-21(11-22(35)10-20)33-27-31-13-23(36)14-32-27/h6-11,23-24,30,35-36H,2-5,12-16H2,1H3,(H,34,37)(H,38,39)(H2,31,32,33)/t24-/m0/s1. The first-order chi connectivity index (χ1) is 19.7. The van der Waals surface area contributed by atoms with Gasteiger partial charge in [0.15, 0.2) is 5.96 Å². The Morgan fingerprint density at radius 1 is 1.20 bits per heavy atom. The number of methoxy groups -OCH3 is 1. The molecule has 2 aliphatic rings. The molecule has 2 atom stereocenters. The highest BCUT2D eigenvalue weighted by molar-refractivity contribution is 6.30. The normalized spacial score (nSPS) is 18.9. The van der Waals surface area contributed by atoms with Crippen molar-refractivity contribution in [3.63, 3.8) is 0 Å².